The van der Waals surface area contributed by atoms with Crippen molar-refractivity contribution in [2.45, 2.75) is 45.4 Å². The lowest BCUT2D eigenvalue weighted by atomic mass is 9.95. The van der Waals surface area contributed by atoms with E-state index >= 15 is 0 Å². The van der Waals surface area contributed by atoms with Crippen molar-refractivity contribution in [2.75, 3.05) is 5.32 Å². The van der Waals surface area contributed by atoms with E-state index in [4.69, 9.17) is 0 Å². The lowest BCUT2D eigenvalue weighted by Gasteiger charge is -2.16. The fourth-order valence-corrected chi connectivity index (χ4v) is 2.62. The van der Waals surface area contributed by atoms with Gasteiger partial charge in [-0.15, -0.1) is 0 Å². The van der Waals surface area contributed by atoms with E-state index in [2.05, 4.69) is 31.3 Å². The minimum atomic E-state index is -0.101. The van der Waals surface area contributed by atoms with E-state index in [9.17, 15) is 4.79 Å². The smallest absolute Gasteiger partial charge is 0.231 e. The van der Waals surface area contributed by atoms with Crippen LogP contribution in [0, 0.1) is 0 Å². The summed E-state index contributed by atoms with van der Waals surface area (Å²) in [5, 5.41) is 3.04. The van der Waals surface area contributed by atoms with Gasteiger partial charge in [0.05, 0.1) is 5.92 Å². The van der Waals surface area contributed by atoms with Gasteiger partial charge in [-0.2, -0.15) is 0 Å². The lowest BCUT2D eigenvalue weighted by Crippen LogP contribution is -2.20. The molecule has 0 aliphatic heterocycles. The number of hydrogen-bond acceptors (Lipinski definition) is 1. The van der Waals surface area contributed by atoms with Gasteiger partial charge in [0.2, 0.25) is 5.91 Å². The number of carbonyl (C=O) groups is 1. The summed E-state index contributed by atoms with van der Waals surface area (Å²) in [5.74, 6) is 0.512. The molecule has 0 heterocycles. The molecule has 0 aliphatic carbocycles. The third-order valence-corrected chi connectivity index (χ3v) is 4.29. The van der Waals surface area contributed by atoms with Gasteiger partial charge in [0.15, 0.2) is 0 Å². The molecule has 2 rings (SSSR count). The summed E-state index contributed by atoms with van der Waals surface area (Å²) >= 11 is 0. The molecule has 2 nitrogen and oxygen atoms in total. The molecule has 0 radical (unpaired) electrons. The zero-order chi connectivity index (χ0) is 15.9. The fraction of sp³-hybridized carbons (Fsp3) is 0.350. The highest BCUT2D eigenvalue weighted by molar-refractivity contribution is 5.95. The van der Waals surface area contributed by atoms with Crippen molar-refractivity contribution >= 4 is 11.6 Å². The average molecular weight is 295 g/mol. The van der Waals surface area contributed by atoms with E-state index in [1.807, 2.05) is 49.4 Å². The van der Waals surface area contributed by atoms with Crippen molar-refractivity contribution in [3.63, 3.8) is 0 Å². The summed E-state index contributed by atoms with van der Waals surface area (Å²) in [6, 6.07) is 18.2. The average Bonchev–Trinajstić information content (AvgIpc) is 2.56. The number of benzene rings is 2. The zero-order valence-corrected chi connectivity index (χ0v) is 13.7. The Morgan fingerprint density at radius 2 is 1.55 bits per heavy atom. The van der Waals surface area contributed by atoms with Crippen LogP contribution in [0.2, 0.25) is 0 Å². The van der Waals surface area contributed by atoms with E-state index in [1.54, 1.807) is 0 Å². The summed E-state index contributed by atoms with van der Waals surface area (Å²) in [7, 11) is 0. The van der Waals surface area contributed by atoms with Crippen molar-refractivity contribution in [1.82, 2.24) is 0 Å². The molecule has 0 unspecified atom stereocenters. The molecule has 116 valence electrons. The summed E-state index contributed by atoms with van der Waals surface area (Å²) in [4.78, 5) is 12.5. The Morgan fingerprint density at radius 3 is 2.09 bits per heavy atom. The van der Waals surface area contributed by atoms with E-state index in [1.165, 1.54) is 5.56 Å². The summed E-state index contributed by atoms with van der Waals surface area (Å²) in [6.07, 6.45) is 1.92. The van der Waals surface area contributed by atoms with Crippen LogP contribution < -0.4 is 5.32 Å². The number of amides is 1. The third-order valence-electron chi connectivity index (χ3n) is 4.29. The van der Waals surface area contributed by atoms with Crippen molar-refractivity contribution in [2.24, 2.45) is 0 Å². The van der Waals surface area contributed by atoms with Crippen LogP contribution in [0.3, 0.4) is 0 Å². The molecule has 0 aliphatic rings. The molecular formula is C20H25NO. The zero-order valence-electron chi connectivity index (χ0n) is 13.7. The van der Waals surface area contributed by atoms with Crippen molar-refractivity contribution in [3.05, 3.63) is 65.7 Å². The summed E-state index contributed by atoms with van der Waals surface area (Å²) in [6.45, 7) is 6.45. The maximum Gasteiger partial charge on any atom is 0.231 e. The number of carbonyl (C=O) groups excluding carboxylic acids is 1. The molecule has 0 saturated carbocycles. The van der Waals surface area contributed by atoms with Gasteiger partial charge in [-0.25, -0.2) is 0 Å². The van der Waals surface area contributed by atoms with E-state index < -0.39 is 0 Å². The predicted molar refractivity (Wildman–Crippen MR) is 93.3 cm³/mol. The lowest BCUT2D eigenvalue weighted by molar-refractivity contribution is -0.117. The van der Waals surface area contributed by atoms with Crippen LogP contribution in [0.15, 0.2) is 54.6 Å². The molecule has 2 heteroatoms. The van der Waals surface area contributed by atoms with Crippen molar-refractivity contribution < 1.29 is 4.79 Å². The highest BCUT2D eigenvalue weighted by Gasteiger charge is 2.18. The molecule has 0 spiro atoms. The molecule has 22 heavy (non-hydrogen) atoms. The number of anilines is 1. The monoisotopic (exact) mass is 295 g/mol. The van der Waals surface area contributed by atoms with E-state index in [-0.39, 0.29) is 11.8 Å². The molecule has 0 fully saturated rings. The molecular weight excluding hydrogens is 270 g/mol. The topological polar surface area (TPSA) is 29.1 Å². The summed E-state index contributed by atoms with van der Waals surface area (Å²) in [5.41, 5.74) is 3.25. The SMILES string of the molecule is CC[C@H](C(=O)Nc1ccc([C@@H](C)CC)cc1)c1ccccc1. The number of nitrogens with one attached hydrogen (secondary N) is 1. The quantitative estimate of drug-likeness (QED) is 0.766. The van der Waals surface area contributed by atoms with Crippen LogP contribution in [-0.2, 0) is 4.79 Å². The second-order valence-electron chi connectivity index (χ2n) is 5.79. The highest BCUT2D eigenvalue weighted by atomic mass is 16.1. The Balaban J connectivity index is 2.07. The first-order valence-corrected chi connectivity index (χ1v) is 8.11. The van der Waals surface area contributed by atoms with Crippen LogP contribution >= 0.6 is 0 Å². The maximum absolute atomic E-state index is 12.5. The van der Waals surface area contributed by atoms with Crippen molar-refractivity contribution in [3.8, 4) is 0 Å². The van der Waals surface area contributed by atoms with Gasteiger partial charge in [-0.3, -0.25) is 4.79 Å². The second kappa shape index (κ2) is 7.79. The van der Waals surface area contributed by atoms with Gasteiger partial charge in [-0.1, -0.05) is 63.2 Å². The van der Waals surface area contributed by atoms with Crippen LogP contribution in [0.4, 0.5) is 5.69 Å². The largest absolute Gasteiger partial charge is 0.326 e. The molecule has 0 saturated heterocycles. The van der Waals surface area contributed by atoms with Crippen LogP contribution in [-0.4, -0.2) is 5.91 Å². The molecule has 1 N–H and O–H groups in total. The first-order valence-electron chi connectivity index (χ1n) is 8.11. The Hall–Kier alpha value is -2.09. The number of hydrogen-bond donors (Lipinski definition) is 1. The molecule has 0 aromatic heterocycles. The Kier molecular flexibility index (Phi) is 5.76. The normalized spacial score (nSPS) is 13.4. The molecule has 1 amide bonds. The van der Waals surface area contributed by atoms with E-state index in [0.29, 0.717) is 5.92 Å². The molecule has 2 aromatic carbocycles. The standard InChI is InChI=1S/C20H25NO/c1-4-15(3)16-11-13-18(14-12-16)21-20(22)19(5-2)17-9-7-6-8-10-17/h6-15,19H,4-5H2,1-3H3,(H,21,22)/t15-,19-/m0/s1. The van der Waals surface area contributed by atoms with E-state index in [0.717, 1.165) is 24.1 Å². The Morgan fingerprint density at radius 1 is 0.909 bits per heavy atom. The first kappa shape index (κ1) is 16.3. The van der Waals surface area contributed by atoms with Gasteiger partial charge in [-0.05, 0) is 42.0 Å². The predicted octanol–water partition coefficient (Wildman–Crippen LogP) is 5.33. The van der Waals surface area contributed by atoms with Crippen LogP contribution in [0.5, 0.6) is 0 Å². The number of rotatable bonds is 6. The maximum atomic E-state index is 12.5. The highest BCUT2D eigenvalue weighted by Crippen LogP contribution is 2.23. The third kappa shape index (κ3) is 3.97. The molecule has 0 bridgehead atoms. The summed E-state index contributed by atoms with van der Waals surface area (Å²) < 4.78 is 0. The Bertz CT molecular complexity index is 589. The van der Waals surface area contributed by atoms with Gasteiger partial charge >= 0.3 is 0 Å². The minimum absolute atomic E-state index is 0.0602. The van der Waals surface area contributed by atoms with Gasteiger partial charge in [0.25, 0.3) is 0 Å². The van der Waals surface area contributed by atoms with Crippen molar-refractivity contribution in [1.29, 1.82) is 0 Å². The van der Waals surface area contributed by atoms with Gasteiger partial charge < -0.3 is 5.32 Å². The Labute approximate surface area is 133 Å². The molecule has 2 aromatic rings. The van der Waals surface area contributed by atoms with Crippen LogP contribution in [0.1, 0.15) is 56.6 Å². The van der Waals surface area contributed by atoms with Gasteiger partial charge in [0.1, 0.15) is 0 Å². The van der Waals surface area contributed by atoms with Gasteiger partial charge in [0, 0.05) is 5.69 Å². The second-order valence-corrected chi connectivity index (χ2v) is 5.79. The van der Waals surface area contributed by atoms with Crippen LogP contribution in [0.25, 0.3) is 0 Å². The fourth-order valence-electron chi connectivity index (χ4n) is 2.62. The minimum Gasteiger partial charge on any atom is -0.326 e. The molecule has 2 atom stereocenters. The first-order chi connectivity index (χ1) is 10.7.